The second-order valence-corrected chi connectivity index (χ2v) is 6.97. The monoisotopic (exact) mass is 316 g/mol. The second-order valence-electron chi connectivity index (χ2n) is 5.20. The largest absolute Gasteiger partial charge is 0.384 e. The molecule has 1 N–H and O–H groups in total. The van der Waals surface area contributed by atoms with E-state index in [9.17, 15) is 5.11 Å². The van der Waals surface area contributed by atoms with Gasteiger partial charge < -0.3 is 9.84 Å². The van der Waals surface area contributed by atoms with Crippen LogP contribution >= 0.6 is 27.3 Å². The van der Waals surface area contributed by atoms with Gasteiger partial charge >= 0.3 is 0 Å². The van der Waals surface area contributed by atoms with E-state index in [1.165, 1.54) is 0 Å². The van der Waals surface area contributed by atoms with E-state index in [4.69, 9.17) is 4.74 Å². The van der Waals surface area contributed by atoms with Gasteiger partial charge in [-0.1, -0.05) is 0 Å². The summed E-state index contributed by atoms with van der Waals surface area (Å²) in [7, 11) is 0. The van der Waals surface area contributed by atoms with E-state index in [2.05, 4.69) is 21.3 Å². The zero-order valence-corrected chi connectivity index (χ0v) is 12.1. The minimum atomic E-state index is -0.635. The fourth-order valence-corrected chi connectivity index (χ4v) is 5.47. The summed E-state index contributed by atoms with van der Waals surface area (Å²) in [5.41, 5.74) is -0.581. The van der Waals surface area contributed by atoms with E-state index in [0.29, 0.717) is 0 Å². The van der Waals surface area contributed by atoms with Crippen LogP contribution < -0.4 is 0 Å². The lowest BCUT2D eigenvalue weighted by molar-refractivity contribution is -0.117. The number of hydrogen-bond acceptors (Lipinski definition) is 3. The number of aliphatic hydroxyl groups is 1. The first kappa shape index (κ1) is 12.2. The highest BCUT2D eigenvalue weighted by Gasteiger charge is 2.56. The number of thiophene rings is 1. The zero-order chi connectivity index (χ0) is 11.9. The first-order valence-corrected chi connectivity index (χ1v) is 7.89. The summed E-state index contributed by atoms with van der Waals surface area (Å²) in [6.07, 6.45) is 5.14. The Kier molecular flexibility index (Phi) is 3.10. The van der Waals surface area contributed by atoms with Crippen LogP contribution in [0, 0.1) is 5.41 Å². The standard InChI is InChI=1S/C13H17BrO2S/c14-10-2-9-17-11(10)13(15)4-1-3-12(13)5-7-16-8-6-12/h2,9,15H,1,3-8H2. The molecule has 17 heavy (non-hydrogen) atoms. The molecule has 0 aromatic carbocycles. The summed E-state index contributed by atoms with van der Waals surface area (Å²) < 4.78 is 6.55. The molecule has 1 spiro atoms. The molecule has 2 nitrogen and oxygen atoms in total. The average molecular weight is 317 g/mol. The third-order valence-corrected chi connectivity index (χ3v) is 6.50. The van der Waals surface area contributed by atoms with Gasteiger partial charge in [0.05, 0.1) is 4.88 Å². The molecule has 1 unspecified atom stereocenters. The van der Waals surface area contributed by atoms with Crippen molar-refractivity contribution in [1.29, 1.82) is 0 Å². The highest BCUT2D eigenvalue weighted by Crippen LogP contribution is 2.59. The Morgan fingerprint density at radius 2 is 2.00 bits per heavy atom. The number of hydrogen-bond donors (Lipinski definition) is 1. The summed E-state index contributed by atoms with van der Waals surface area (Å²) in [5, 5.41) is 13.3. The maximum Gasteiger partial charge on any atom is 0.106 e. The van der Waals surface area contributed by atoms with E-state index in [1.54, 1.807) is 11.3 Å². The Balaban J connectivity index is 2.02. The molecule has 1 saturated carbocycles. The van der Waals surface area contributed by atoms with E-state index in [-0.39, 0.29) is 5.41 Å². The minimum absolute atomic E-state index is 0.0542. The Labute approximate surface area is 114 Å². The van der Waals surface area contributed by atoms with Crippen molar-refractivity contribution in [3.8, 4) is 0 Å². The van der Waals surface area contributed by atoms with E-state index < -0.39 is 5.60 Å². The van der Waals surface area contributed by atoms with Crippen molar-refractivity contribution in [2.45, 2.75) is 37.7 Å². The van der Waals surface area contributed by atoms with Crippen LogP contribution in [0.1, 0.15) is 37.0 Å². The molecule has 2 heterocycles. The van der Waals surface area contributed by atoms with Crippen molar-refractivity contribution in [2.75, 3.05) is 13.2 Å². The van der Waals surface area contributed by atoms with E-state index >= 15 is 0 Å². The summed E-state index contributed by atoms with van der Waals surface area (Å²) in [6.45, 7) is 1.59. The van der Waals surface area contributed by atoms with Gasteiger partial charge in [0, 0.05) is 23.1 Å². The highest BCUT2D eigenvalue weighted by molar-refractivity contribution is 9.10. The molecule has 2 fully saturated rings. The Hall–Kier alpha value is 0.1000. The quantitative estimate of drug-likeness (QED) is 0.856. The van der Waals surface area contributed by atoms with Crippen LogP contribution in [0.3, 0.4) is 0 Å². The van der Waals surface area contributed by atoms with Crippen LogP contribution in [0.25, 0.3) is 0 Å². The van der Waals surface area contributed by atoms with Crippen LogP contribution in [-0.2, 0) is 10.3 Å². The fourth-order valence-electron chi connectivity index (χ4n) is 3.52. The third-order valence-electron chi connectivity index (χ3n) is 4.51. The molecule has 0 amide bonds. The zero-order valence-electron chi connectivity index (χ0n) is 9.75. The SMILES string of the molecule is OC1(c2sccc2Br)CCCC12CCOCC2. The second kappa shape index (κ2) is 4.34. The van der Waals surface area contributed by atoms with Gasteiger partial charge in [-0.3, -0.25) is 0 Å². The smallest absolute Gasteiger partial charge is 0.106 e. The molecule has 1 aliphatic carbocycles. The minimum Gasteiger partial charge on any atom is -0.384 e. The molecule has 1 aliphatic heterocycles. The molecule has 1 atom stereocenters. The fraction of sp³-hybridized carbons (Fsp3) is 0.692. The lowest BCUT2D eigenvalue weighted by Gasteiger charge is -2.44. The summed E-state index contributed by atoms with van der Waals surface area (Å²) in [5.74, 6) is 0. The predicted molar refractivity (Wildman–Crippen MR) is 72.3 cm³/mol. The van der Waals surface area contributed by atoms with Gasteiger partial charge in [0.15, 0.2) is 0 Å². The topological polar surface area (TPSA) is 29.5 Å². The highest BCUT2D eigenvalue weighted by atomic mass is 79.9. The molecule has 1 aromatic heterocycles. The molecule has 1 saturated heterocycles. The van der Waals surface area contributed by atoms with E-state index in [1.807, 2.05) is 6.07 Å². The van der Waals surface area contributed by atoms with Crippen molar-refractivity contribution < 1.29 is 9.84 Å². The molecule has 4 heteroatoms. The maximum absolute atomic E-state index is 11.2. The summed E-state index contributed by atoms with van der Waals surface area (Å²) in [4.78, 5) is 1.12. The molecular weight excluding hydrogens is 300 g/mol. The molecule has 1 aromatic rings. The van der Waals surface area contributed by atoms with Crippen molar-refractivity contribution in [1.82, 2.24) is 0 Å². The van der Waals surface area contributed by atoms with E-state index in [0.717, 1.165) is 54.7 Å². The molecule has 0 bridgehead atoms. The van der Waals surface area contributed by atoms with Gasteiger partial charge in [0.2, 0.25) is 0 Å². The average Bonchev–Trinajstić information content (AvgIpc) is 2.88. The van der Waals surface area contributed by atoms with Gasteiger partial charge in [-0.2, -0.15) is 0 Å². The van der Waals surface area contributed by atoms with Gasteiger partial charge in [-0.15, -0.1) is 11.3 Å². The summed E-state index contributed by atoms with van der Waals surface area (Å²) in [6, 6.07) is 2.04. The van der Waals surface area contributed by atoms with Crippen LogP contribution in [0.5, 0.6) is 0 Å². The lowest BCUT2D eigenvalue weighted by atomic mass is 9.68. The summed E-state index contributed by atoms with van der Waals surface area (Å²) >= 11 is 5.26. The number of rotatable bonds is 1. The van der Waals surface area contributed by atoms with Crippen LogP contribution in [-0.4, -0.2) is 18.3 Å². The Morgan fingerprint density at radius 3 is 2.65 bits per heavy atom. The first-order valence-electron chi connectivity index (χ1n) is 6.22. The first-order chi connectivity index (χ1) is 8.18. The Morgan fingerprint density at radius 1 is 1.24 bits per heavy atom. The molecule has 3 rings (SSSR count). The lowest BCUT2D eigenvalue weighted by Crippen LogP contribution is -2.44. The van der Waals surface area contributed by atoms with Crippen molar-refractivity contribution in [2.24, 2.45) is 5.41 Å². The van der Waals surface area contributed by atoms with Gasteiger partial charge in [-0.05, 0) is 59.5 Å². The maximum atomic E-state index is 11.2. The van der Waals surface area contributed by atoms with Crippen LogP contribution in [0.4, 0.5) is 0 Å². The van der Waals surface area contributed by atoms with Gasteiger partial charge in [0.25, 0.3) is 0 Å². The predicted octanol–water partition coefficient (Wildman–Crippen LogP) is 3.68. The number of ether oxygens (including phenoxy) is 1. The van der Waals surface area contributed by atoms with Crippen molar-refractivity contribution >= 4 is 27.3 Å². The van der Waals surface area contributed by atoms with Crippen molar-refractivity contribution in [3.63, 3.8) is 0 Å². The third kappa shape index (κ3) is 1.72. The van der Waals surface area contributed by atoms with Gasteiger partial charge in [-0.25, -0.2) is 0 Å². The van der Waals surface area contributed by atoms with Crippen molar-refractivity contribution in [3.05, 3.63) is 20.8 Å². The number of halogens is 1. The van der Waals surface area contributed by atoms with Crippen LogP contribution in [0.15, 0.2) is 15.9 Å². The van der Waals surface area contributed by atoms with Gasteiger partial charge in [0.1, 0.15) is 5.60 Å². The molecular formula is C13H17BrO2S. The molecule has 0 radical (unpaired) electrons. The normalized spacial score (nSPS) is 32.1. The Bertz CT molecular complexity index is 411. The van der Waals surface area contributed by atoms with Crippen LogP contribution in [0.2, 0.25) is 0 Å². The molecule has 94 valence electrons. The molecule has 2 aliphatic rings.